The van der Waals surface area contributed by atoms with E-state index in [0.717, 1.165) is 22.4 Å². The predicted octanol–water partition coefficient (Wildman–Crippen LogP) is 6.73. The van der Waals surface area contributed by atoms with E-state index in [1.165, 1.54) is 22.3 Å². The van der Waals surface area contributed by atoms with Crippen molar-refractivity contribution < 1.29 is 0 Å². The first-order chi connectivity index (χ1) is 13.6. The van der Waals surface area contributed by atoms with Gasteiger partial charge in [0.2, 0.25) is 0 Å². The van der Waals surface area contributed by atoms with Gasteiger partial charge in [-0.05, 0) is 42.2 Å². The number of aryl methyl sites for hydroxylation is 2. The molecule has 0 amide bonds. The van der Waals surface area contributed by atoms with Gasteiger partial charge in [0, 0.05) is 17.2 Å². The summed E-state index contributed by atoms with van der Waals surface area (Å²) < 4.78 is 0. The van der Waals surface area contributed by atoms with E-state index < -0.39 is 0 Å². The van der Waals surface area contributed by atoms with Gasteiger partial charge in [-0.1, -0.05) is 102 Å². The maximum absolute atomic E-state index is 6.80. The number of benzene rings is 4. The molecule has 2 N–H and O–H groups in total. The second-order valence-corrected chi connectivity index (χ2v) is 7.44. The van der Waals surface area contributed by atoms with Crippen LogP contribution in [-0.4, -0.2) is 0 Å². The van der Waals surface area contributed by atoms with E-state index in [1.807, 2.05) is 0 Å². The van der Waals surface area contributed by atoms with Gasteiger partial charge >= 0.3 is 0 Å². The van der Waals surface area contributed by atoms with E-state index in [0.29, 0.717) is 0 Å². The third-order valence-electron chi connectivity index (χ3n) is 5.30. The largest absolute Gasteiger partial charge is 0.398 e. The van der Waals surface area contributed by atoms with Crippen molar-refractivity contribution in [2.75, 3.05) is 5.73 Å². The Balaban J connectivity index is 1.93. The van der Waals surface area contributed by atoms with Crippen LogP contribution in [0.5, 0.6) is 0 Å². The van der Waals surface area contributed by atoms with Gasteiger partial charge in [-0.3, -0.25) is 0 Å². The molecule has 1 nitrogen and oxygen atoms in total. The quantitative estimate of drug-likeness (QED) is 0.315. The zero-order chi connectivity index (χ0) is 19.5. The summed E-state index contributed by atoms with van der Waals surface area (Å²) in [4.78, 5) is 0. The lowest BCUT2D eigenvalue weighted by atomic mass is 9.82. The molecule has 28 heavy (non-hydrogen) atoms. The van der Waals surface area contributed by atoms with Gasteiger partial charge in [-0.25, -0.2) is 0 Å². The normalized spacial score (nSPS) is 11.0. The fraction of sp³-hybridized carbons (Fsp3) is 0.111. The second-order valence-electron chi connectivity index (χ2n) is 7.44. The highest BCUT2D eigenvalue weighted by Crippen LogP contribution is 2.40. The molecule has 1 heteroatoms. The van der Waals surface area contributed by atoms with Crippen molar-refractivity contribution in [3.05, 3.63) is 125 Å². The van der Waals surface area contributed by atoms with Crippen molar-refractivity contribution >= 4 is 5.69 Å². The minimum Gasteiger partial charge on any atom is -0.398 e. The molecule has 0 spiro atoms. The van der Waals surface area contributed by atoms with Gasteiger partial charge in [0.1, 0.15) is 0 Å². The molecule has 0 aromatic heterocycles. The van der Waals surface area contributed by atoms with Crippen molar-refractivity contribution in [2.45, 2.75) is 19.8 Å². The standard InChI is InChI=1S/C27H25N/c1-19-13-15-21(16-14-19)24-17-20(2)18-25(27(24)28)26(22-9-5-3-6-10-22)23-11-7-4-8-12-23/h3-18,26H,28H2,1-2H3. The fourth-order valence-electron chi connectivity index (χ4n) is 3.88. The van der Waals surface area contributed by atoms with Crippen LogP contribution < -0.4 is 5.73 Å². The molecule has 0 aliphatic rings. The van der Waals surface area contributed by atoms with Gasteiger partial charge < -0.3 is 5.73 Å². The maximum atomic E-state index is 6.80. The summed E-state index contributed by atoms with van der Waals surface area (Å²) in [6.45, 7) is 4.25. The lowest BCUT2D eigenvalue weighted by Gasteiger charge is -2.23. The summed E-state index contributed by atoms with van der Waals surface area (Å²) in [6.07, 6.45) is 0. The second kappa shape index (κ2) is 7.74. The number of hydrogen-bond acceptors (Lipinski definition) is 1. The number of nitrogens with two attached hydrogens (primary N) is 1. The molecule has 0 heterocycles. The maximum Gasteiger partial charge on any atom is 0.0436 e. The van der Waals surface area contributed by atoms with Gasteiger partial charge in [0.05, 0.1) is 0 Å². The predicted molar refractivity (Wildman–Crippen MR) is 120 cm³/mol. The van der Waals surface area contributed by atoms with Crippen molar-refractivity contribution in [1.29, 1.82) is 0 Å². The lowest BCUT2D eigenvalue weighted by molar-refractivity contribution is 0.978. The number of anilines is 1. The first-order valence-electron chi connectivity index (χ1n) is 9.70. The molecule has 4 aromatic carbocycles. The Hall–Kier alpha value is -3.32. The smallest absolute Gasteiger partial charge is 0.0436 e. The summed E-state index contributed by atoms with van der Waals surface area (Å²) in [5.74, 6) is 0.103. The molecule has 0 radical (unpaired) electrons. The van der Waals surface area contributed by atoms with Crippen LogP contribution in [0.15, 0.2) is 97.1 Å². The average molecular weight is 364 g/mol. The molecule has 138 valence electrons. The van der Waals surface area contributed by atoms with Crippen LogP contribution in [0, 0.1) is 13.8 Å². The molecule has 0 unspecified atom stereocenters. The van der Waals surface area contributed by atoms with Crippen LogP contribution in [0.4, 0.5) is 5.69 Å². The molecular formula is C27H25N. The average Bonchev–Trinajstić information content (AvgIpc) is 2.73. The first-order valence-corrected chi connectivity index (χ1v) is 9.70. The SMILES string of the molecule is Cc1ccc(-c2cc(C)cc(C(c3ccccc3)c3ccccc3)c2N)cc1. The Morgan fingerprint density at radius 1 is 0.607 bits per heavy atom. The van der Waals surface area contributed by atoms with Crippen LogP contribution in [0.2, 0.25) is 0 Å². The van der Waals surface area contributed by atoms with Crippen molar-refractivity contribution in [3.8, 4) is 11.1 Å². The molecule has 4 aromatic rings. The molecule has 0 bridgehead atoms. The van der Waals surface area contributed by atoms with Crippen molar-refractivity contribution in [3.63, 3.8) is 0 Å². The third kappa shape index (κ3) is 3.57. The summed E-state index contributed by atoms with van der Waals surface area (Å²) in [7, 11) is 0. The highest BCUT2D eigenvalue weighted by molar-refractivity contribution is 5.80. The zero-order valence-electron chi connectivity index (χ0n) is 16.4. The Morgan fingerprint density at radius 3 is 1.68 bits per heavy atom. The minimum absolute atomic E-state index is 0.103. The van der Waals surface area contributed by atoms with Crippen molar-refractivity contribution in [1.82, 2.24) is 0 Å². The third-order valence-corrected chi connectivity index (χ3v) is 5.30. The van der Waals surface area contributed by atoms with Gasteiger partial charge in [0.25, 0.3) is 0 Å². The van der Waals surface area contributed by atoms with Gasteiger partial charge in [-0.2, -0.15) is 0 Å². The Labute approximate surface area is 167 Å². The number of nitrogen functional groups attached to an aromatic ring is 1. The molecule has 0 aliphatic carbocycles. The molecule has 0 saturated carbocycles. The van der Waals surface area contributed by atoms with E-state index in [4.69, 9.17) is 5.73 Å². The van der Waals surface area contributed by atoms with E-state index in [-0.39, 0.29) is 5.92 Å². The molecular weight excluding hydrogens is 338 g/mol. The van der Waals surface area contributed by atoms with Crippen molar-refractivity contribution in [2.24, 2.45) is 0 Å². The van der Waals surface area contributed by atoms with E-state index in [9.17, 15) is 0 Å². The Kier molecular flexibility index (Phi) is 4.99. The summed E-state index contributed by atoms with van der Waals surface area (Å²) in [5, 5.41) is 0. The topological polar surface area (TPSA) is 26.0 Å². The molecule has 0 fully saturated rings. The van der Waals surface area contributed by atoms with Crippen LogP contribution in [0.3, 0.4) is 0 Å². The number of rotatable bonds is 4. The van der Waals surface area contributed by atoms with Gasteiger partial charge in [0.15, 0.2) is 0 Å². The molecule has 4 rings (SSSR count). The van der Waals surface area contributed by atoms with Crippen LogP contribution in [-0.2, 0) is 0 Å². The monoisotopic (exact) mass is 363 g/mol. The number of hydrogen-bond donors (Lipinski definition) is 1. The van der Waals surface area contributed by atoms with Crippen LogP contribution in [0.1, 0.15) is 33.7 Å². The summed E-state index contributed by atoms with van der Waals surface area (Å²) in [6, 6.07) is 34.3. The fourth-order valence-corrected chi connectivity index (χ4v) is 3.88. The Morgan fingerprint density at radius 2 is 1.14 bits per heavy atom. The van der Waals surface area contributed by atoms with Crippen LogP contribution in [0.25, 0.3) is 11.1 Å². The van der Waals surface area contributed by atoms with Gasteiger partial charge in [-0.15, -0.1) is 0 Å². The first kappa shape index (κ1) is 18.1. The highest BCUT2D eigenvalue weighted by atomic mass is 14.6. The Bertz CT molecular complexity index is 1030. The summed E-state index contributed by atoms with van der Waals surface area (Å²) >= 11 is 0. The van der Waals surface area contributed by atoms with E-state index in [1.54, 1.807) is 0 Å². The minimum atomic E-state index is 0.103. The van der Waals surface area contributed by atoms with E-state index in [2.05, 4.69) is 111 Å². The molecule has 0 aliphatic heterocycles. The molecule has 0 saturated heterocycles. The molecule has 0 atom stereocenters. The lowest BCUT2D eigenvalue weighted by Crippen LogP contribution is -2.08. The van der Waals surface area contributed by atoms with Crippen LogP contribution >= 0.6 is 0 Å². The highest BCUT2D eigenvalue weighted by Gasteiger charge is 2.21. The van der Waals surface area contributed by atoms with E-state index >= 15 is 0 Å². The zero-order valence-corrected chi connectivity index (χ0v) is 16.4. The summed E-state index contributed by atoms with van der Waals surface area (Å²) in [5.41, 5.74) is 16.0.